The summed E-state index contributed by atoms with van der Waals surface area (Å²) in [6.45, 7) is 15.4. The van der Waals surface area contributed by atoms with Gasteiger partial charge in [-0.2, -0.15) is 0 Å². The molecule has 112 heavy (non-hydrogen) atoms. The van der Waals surface area contributed by atoms with E-state index in [1.54, 1.807) is 104 Å². The Hall–Kier alpha value is -12.9. The quantitative estimate of drug-likeness (QED) is 0.0447. The minimum atomic E-state index is -0.350. The summed E-state index contributed by atoms with van der Waals surface area (Å²) >= 11 is 9.26. The highest BCUT2D eigenvalue weighted by atomic mass is 79.9. The summed E-state index contributed by atoms with van der Waals surface area (Å²) in [7, 11) is 0. The third-order valence-corrected chi connectivity index (χ3v) is 16.4. The average molecular weight is 1590 g/mol. The number of anilines is 4. The lowest BCUT2D eigenvalue weighted by Gasteiger charge is -2.10. The van der Waals surface area contributed by atoms with Crippen molar-refractivity contribution >= 4 is 98.7 Å². The lowest BCUT2D eigenvalue weighted by Crippen LogP contribution is -2.16. The molecule has 8 aromatic carbocycles. The number of phenols is 1. The molecule has 5 N–H and O–H groups in total. The van der Waals surface area contributed by atoms with E-state index in [4.69, 9.17) is 11.6 Å². The molecule has 12 rings (SSSR count). The number of phenolic OH excluding ortho intramolecular Hbond substituents is 1. The number of hydrogen-bond acceptors (Lipinski definition) is 13. The van der Waals surface area contributed by atoms with Crippen LogP contribution in [0.2, 0.25) is 5.02 Å². The maximum Gasteiger partial charge on any atom is 0.230 e. The van der Waals surface area contributed by atoms with Crippen molar-refractivity contribution in [2.24, 2.45) is 0 Å². The number of aromatic hydroxyl groups is 1. The van der Waals surface area contributed by atoms with Crippen LogP contribution < -0.4 is 21.3 Å². The van der Waals surface area contributed by atoms with Gasteiger partial charge in [-0.25, -0.2) is 61.8 Å². The van der Waals surface area contributed by atoms with Gasteiger partial charge in [0.1, 0.15) is 57.6 Å². The zero-order valence-electron chi connectivity index (χ0n) is 62.2. The first-order chi connectivity index (χ1) is 53.6. The molecule has 0 spiro atoms. The molecule has 4 heterocycles. The second kappa shape index (κ2) is 40.5. The maximum absolute atomic E-state index is 13.2. The Morgan fingerprint density at radius 3 is 0.768 bits per heavy atom. The van der Waals surface area contributed by atoms with Gasteiger partial charge in [0.05, 0.1) is 73.2 Å². The van der Waals surface area contributed by atoms with E-state index < -0.39 is 0 Å². The van der Waals surface area contributed by atoms with Crippen molar-refractivity contribution < 1.29 is 46.2 Å². The summed E-state index contributed by atoms with van der Waals surface area (Å²) in [5, 5.41) is 21.2. The Bertz CT molecular complexity index is 4720. The number of carbonyl (C=O) groups excluding carboxylic acids is 4. The normalized spacial score (nSPS) is 10.4. The third-order valence-electron chi connectivity index (χ3n) is 15.6. The number of rotatable bonds is 20. The molecule has 0 atom stereocenters. The molecule has 0 aliphatic carbocycles. The van der Waals surface area contributed by atoms with Crippen molar-refractivity contribution in [2.45, 2.75) is 81.1 Å². The lowest BCUT2D eigenvalue weighted by atomic mass is 10.1. The standard InChI is InChI=1S/C22H19BrFN3O.C22H19ClFN3O.C22H19F2N3O.C22H20FN3O2/c3*1-14(2)11-19-22(27-21(28)12-15-3-7-17(23)8-4-15)25-13-20(26-19)16-5-9-18(24)10-6-16;1-14(2)11-19-22(26-21(28)12-15-3-9-18(27)10-4-15)24-13-20(25-19)16-5-7-17(23)8-6-16/h3*3-11,13H,12H2,1-2H3,(H,25,27,28);3-11,13,27H,12H2,1-2H3,(H,24,26,28). The highest BCUT2D eigenvalue weighted by Crippen LogP contribution is 2.28. The van der Waals surface area contributed by atoms with E-state index in [2.05, 4.69) is 77.1 Å². The number of nitrogens with one attached hydrogen (secondary N) is 4. The fourth-order valence-electron chi connectivity index (χ4n) is 10.4. The first-order valence-corrected chi connectivity index (χ1v) is 36.1. The molecule has 0 unspecified atom stereocenters. The maximum atomic E-state index is 13.2. The van der Waals surface area contributed by atoms with Crippen LogP contribution in [0.15, 0.2) is 246 Å². The molecule has 12 aromatic rings. The summed E-state index contributed by atoms with van der Waals surface area (Å²) in [4.78, 5) is 85.4. The number of halogens is 7. The van der Waals surface area contributed by atoms with Gasteiger partial charge in [0.25, 0.3) is 0 Å². The molecular formula is C88H77BrClF5N12O5. The van der Waals surface area contributed by atoms with Crippen LogP contribution >= 0.6 is 27.5 Å². The summed E-state index contributed by atoms with van der Waals surface area (Å²) < 4.78 is 66.6. The van der Waals surface area contributed by atoms with Crippen LogP contribution in [0.1, 0.15) is 100 Å². The minimum Gasteiger partial charge on any atom is -0.508 e. The van der Waals surface area contributed by atoms with Crippen LogP contribution in [0.3, 0.4) is 0 Å². The summed E-state index contributed by atoms with van der Waals surface area (Å²) in [6.07, 6.45) is 14.2. The fourth-order valence-corrected chi connectivity index (χ4v) is 10.8. The monoisotopic (exact) mass is 1590 g/mol. The van der Waals surface area contributed by atoms with Gasteiger partial charge in [-0.3, -0.25) is 19.2 Å². The minimum absolute atomic E-state index is 0.0932. The van der Waals surface area contributed by atoms with Gasteiger partial charge in [0, 0.05) is 31.7 Å². The molecule has 0 fully saturated rings. The van der Waals surface area contributed by atoms with Crippen LogP contribution in [0, 0.1) is 29.1 Å². The van der Waals surface area contributed by atoms with Crippen molar-refractivity contribution in [3.8, 4) is 50.8 Å². The van der Waals surface area contributed by atoms with E-state index in [0.29, 0.717) is 79.4 Å². The van der Waals surface area contributed by atoms with Crippen LogP contribution in [-0.2, 0) is 44.9 Å². The van der Waals surface area contributed by atoms with Gasteiger partial charge >= 0.3 is 0 Å². The highest BCUT2D eigenvalue weighted by Gasteiger charge is 2.18. The van der Waals surface area contributed by atoms with Gasteiger partial charge in [-0.15, -0.1) is 0 Å². The number of amides is 4. The molecule has 568 valence electrons. The molecule has 0 aliphatic heterocycles. The van der Waals surface area contributed by atoms with Crippen molar-refractivity contribution in [1.82, 2.24) is 39.9 Å². The van der Waals surface area contributed by atoms with Crippen molar-refractivity contribution in [1.29, 1.82) is 0 Å². The predicted molar refractivity (Wildman–Crippen MR) is 436 cm³/mol. The molecular weight excluding hydrogens is 1520 g/mol. The molecule has 4 amide bonds. The Morgan fingerprint density at radius 2 is 0.536 bits per heavy atom. The first kappa shape index (κ1) is 83.2. The topological polar surface area (TPSA) is 240 Å². The zero-order chi connectivity index (χ0) is 80.4. The first-order valence-electron chi connectivity index (χ1n) is 34.9. The molecule has 0 radical (unpaired) electrons. The van der Waals surface area contributed by atoms with Gasteiger partial charge < -0.3 is 26.4 Å². The number of allylic oxidation sites excluding steroid dienone is 4. The number of benzene rings is 8. The van der Waals surface area contributed by atoms with E-state index >= 15 is 0 Å². The summed E-state index contributed by atoms with van der Waals surface area (Å²) in [6, 6.07) is 51.0. The average Bonchev–Trinajstić information content (AvgIpc) is 0.837. The Morgan fingerprint density at radius 1 is 0.330 bits per heavy atom. The number of hydrogen-bond donors (Lipinski definition) is 5. The predicted octanol–water partition coefficient (Wildman–Crippen LogP) is 20.8. The number of nitrogens with zero attached hydrogens (tertiary/aromatic N) is 8. The molecule has 4 aromatic heterocycles. The van der Waals surface area contributed by atoms with Crippen LogP contribution in [0.4, 0.5) is 45.2 Å². The molecule has 17 nitrogen and oxygen atoms in total. The number of aromatic nitrogens is 8. The Kier molecular flexibility index (Phi) is 30.1. The van der Waals surface area contributed by atoms with E-state index in [9.17, 15) is 46.2 Å². The Labute approximate surface area is 658 Å². The van der Waals surface area contributed by atoms with Gasteiger partial charge in [0.2, 0.25) is 23.6 Å². The molecule has 24 heteroatoms. The largest absolute Gasteiger partial charge is 0.508 e. The molecule has 0 aliphatic rings. The van der Waals surface area contributed by atoms with E-state index in [1.807, 2.05) is 116 Å². The van der Waals surface area contributed by atoms with E-state index in [1.165, 1.54) is 79.0 Å². The second-order valence-electron chi connectivity index (χ2n) is 26.3. The van der Waals surface area contributed by atoms with Crippen LogP contribution in [0.25, 0.3) is 69.3 Å². The van der Waals surface area contributed by atoms with Gasteiger partial charge in [-0.1, -0.05) is 98.4 Å². The fraction of sp³-hybridized carbons (Fsp3) is 0.136. The molecule has 0 saturated carbocycles. The molecule has 0 saturated heterocycles. The molecule has 0 bridgehead atoms. The highest BCUT2D eigenvalue weighted by molar-refractivity contribution is 9.10. The third kappa shape index (κ3) is 26.8. The lowest BCUT2D eigenvalue weighted by molar-refractivity contribution is -0.116. The van der Waals surface area contributed by atoms with Gasteiger partial charge in [0.15, 0.2) is 23.3 Å². The van der Waals surface area contributed by atoms with Crippen molar-refractivity contribution in [2.75, 3.05) is 21.3 Å². The smallest absolute Gasteiger partial charge is 0.230 e. The SMILES string of the molecule is CC(C)=Cc1nc(-c2ccc(F)cc2)cnc1NC(=O)Cc1ccc(Br)cc1.CC(C)=Cc1nc(-c2ccc(F)cc2)cnc1NC(=O)Cc1ccc(Cl)cc1.CC(C)=Cc1nc(-c2ccc(F)cc2)cnc1NC(=O)Cc1ccc(F)cc1.CC(C)=Cc1nc(-c2ccc(F)cc2)cnc1NC(=O)Cc1ccc(O)cc1. The van der Waals surface area contributed by atoms with Crippen LogP contribution in [0.5, 0.6) is 5.75 Å². The van der Waals surface area contributed by atoms with E-state index in [0.717, 1.165) is 65.7 Å². The number of carbonyl (C=O) groups is 4. The van der Waals surface area contributed by atoms with Crippen molar-refractivity contribution in [3.63, 3.8) is 0 Å². The van der Waals surface area contributed by atoms with Gasteiger partial charge in [-0.05, 0) is 248 Å². The zero-order valence-corrected chi connectivity index (χ0v) is 64.6. The van der Waals surface area contributed by atoms with Crippen molar-refractivity contribution in [3.05, 3.63) is 325 Å². The second-order valence-corrected chi connectivity index (χ2v) is 27.7. The van der Waals surface area contributed by atoms with E-state index in [-0.39, 0.29) is 84.1 Å². The Balaban J connectivity index is 0.000000171. The summed E-state index contributed by atoms with van der Waals surface area (Å²) in [5.74, 6) is -0.888. The summed E-state index contributed by atoms with van der Waals surface area (Å²) in [5.41, 5.74) is 14.7. The van der Waals surface area contributed by atoms with Crippen LogP contribution in [-0.4, -0.2) is 68.6 Å².